The first-order valence-electron chi connectivity index (χ1n) is 10.8. The molecule has 0 aliphatic carbocycles. The van der Waals surface area contributed by atoms with E-state index in [1.165, 1.54) is 12.3 Å². The highest BCUT2D eigenvalue weighted by Crippen LogP contribution is 2.34. The predicted octanol–water partition coefficient (Wildman–Crippen LogP) is 3.12. The third-order valence-corrected chi connectivity index (χ3v) is 6.56. The summed E-state index contributed by atoms with van der Waals surface area (Å²) in [5, 5.41) is 21.7. The first kappa shape index (κ1) is 22.5. The quantitative estimate of drug-likeness (QED) is 0.550. The normalized spacial score (nSPS) is 24.5. The number of fused-ring (bicyclic) bond motifs is 3. The van der Waals surface area contributed by atoms with Crippen LogP contribution in [0.2, 0.25) is 0 Å². The van der Waals surface area contributed by atoms with Crippen LogP contribution >= 0.6 is 0 Å². The van der Waals surface area contributed by atoms with Crippen molar-refractivity contribution in [3.05, 3.63) is 40.4 Å². The van der Waals surface area contributed by atoms with E-state index in [-0.39, 0.29) is 40.5 Å². The number of phenols is 1. The summed E-state index contributed by atoms with van der Waals surface area (Å²) >= 11 is 0. The predicted molar refractivity (Wildman–Crippen MR) is 114 cm³/mol. The summed E-state index contributed by atoms with van der Waals surface area (Å²) in [7, 11) is 1.73. The van der Waals surface area contributed by atoms with Gasteiger partial charge < -0.3 is 19.7 Å². The molecule has 2 N–H and O–H groups in total. The molecule has 2 bridgehead atoms. The number of halogens is 4. The fourth-order valence-corrected chi connectivity index (χ4v) is 4.79. The Balaban J connectivity index is 1.42. The number of rotatable bonds is 4. The minimum Gasteiger partial charge on any atom is -0.507 e. The molecule has 12 heteroatoms. The number of anilines is 1. The molecule has 0 spiro atoms. The monoisotopic (exact) mass is 479 g/mol. The van der Waals surface area contributed by atoms with Gasteiger partial charge in [-0.1, -0.05) is 0 Å². The fraction of sp³-hybridized carbons (Fsp3) is 0.455. The van der Waals surface area contributed by atoms with Crippen molar-refractivity contribution in [1.82, 2.24) is 20.5 Å². The lowest BCUT2D eigenvalue weighted by Gasteiger charge is -2.38. The Labute approximate surface area is 190 Å². The maximum atomic E-state index is 14.9. The summed E-state index contributed by atoms with van der Waals surface area (Å²) in [6.07, 6.45) is -2.52. The molecule has 8 nitrogen and oxygen atoms in total. The van der Waals surface area contributed by atoms with Gasteiger partial charge in [-0.2, -0.15) is 13.2 Å². The fourth-order valence-electron chi connectivity index (χ4n) is 4.79. The number of piperidine rings is 1. The Hall–Kier alpha value is -3.28. The Morgan fingerprint density at radius 1 is 1.26 bits per heavy atom. The lowest BCUT2D eigenvalue weighted by atomic mass is 9.96. The zero-order valence-electron chi connectivity index (χ0n) is 18.0. The second-order valence-corrected chi connectivity index (χ2v) is 8.79. The maximum Gasteiger partial charge on any atom is 0.393 e. The topological polar surface area (TPSA) is 104 Å². The highest BCUT2D eigenvalue weighted by atomic mass is 19.4. The number of alkyl halides is 4. The van der Waals surface area contributed by atoms with Crippen molar-refractivity contribution in [1.29, 1.82) is 0 Å². The van der Waals surface area contributed by atoms with Gasteiger partial charge in [0.25, 0.3) is 0 Å². The van der Waals surface area contributed by atoms with Crippen molar-refractivity contribution in [2.24, 2.45) is 0 Å². The smallest absolute Gasteiger partial charge is 0.393 e. The van der Waals surface area contributed by atoms with Crippen LogP contribution < -0.4 is 15.6 Å². The number of hydrogen-bond acceptors (Lipinski definition) is 8. The van der Waals surface area contributed by atoms with Crippen LogP contribution in [0.3, 0.4) is 0 Å². The SMILES string of the molecule is CN(c1cnc(-c2cc3occ(CC(F)(F)F)c(=O)c3cc2O)nn1)[C@H]1CC2CCC(N2)[C@H]1F. The van der Waals surface area contributed by atoms with Gasteiger partial charge in [0.15, 0.2) is 17.1 Å². The van der Waals surface area contributed by atoms with Crippen molar-refractivity contribution >= 4 is 16.8 Å². The maximum absolute atomic E-state index is 14.9. The molecule has 4 heterocycles. The van der Waals surface area contributed by atoms with Crippen LogP contribution in [0, 0.1) is 0 Å². The molecule has 3 aromatic rings. The first-order chi connectivity index (χ1) is 16.1. The van der Waals surface area contributed by atoms with Crippen molar-refractivity contribution in [3.63, 3.8) is 0 Å². The number of benzene rings is 1. The summed E-state index contributed by atoms with van der Waals surface area (Å²) in [4.78, 5) is 18.3. The van der Waals surface area contributed by atoms with E-state index in [1.807, 2.05) is 0 Å². The molecule has 180 valence electrons. The number of aromatic hydroxyl groups is 1. The van der Waals surface area contributed by atoms with Gasteiger partial charge in [-0.3, -0.25) is 4.79 Å². The Morgan fingerprint density at radius 3 is 2.76 bits per heavy atom. The molecule has 2 saturated heterocycles. The van der Waals surface area contributed by atoms with E-state index in [0.29, 0.717) is 12.2 Å². The molecule has 4 atom stereocenters. The molecule has 2 fully saturated rings. The Morgan fingerprint density at radius 2 is 2.06 bits per heavy atom. The molecule has 0 radical (unpaired) electrons. The summed E-state index contributed by atoms with van der Waals surface area (Å²) in [5.74, 6) is -0.0346. The third kappa shape index (κ3) is 4.06. The van der Waals surface area contributed by atoms with Gasteiger partial charge in [-0.25, -0.2) is 9.37 Å². The van der Waals surface area contributed by atoms with Crippen LogP contribution in [0.1, 0.15) is 24.8 Å². The highest BCUT2D eigenvalue weighted by molar-refractivity contribution is 5.85. The number of phenolic OH excluding ortho intramolecular Hbond substituents is 1. The third-order valence-electron chi connectivity index (χ3n) is 6.56. The largest absolute Gasteiger partial charge is 0.507 e. The molecule has 0 saturated carbocycles. The van der Waals surface area contributed by atoms with E-state index >= 15 is 0 Å². The molecule has 2 unspecified atom stereocenters. The van der Waals surface area contributed by atoms with Gasteiger partial charge in [-0.15, -0.1) is 10.2 Å². The lowest BCUT2D eigenvalue weighted by molar-refractivity contribution is -0.127. The molecule has 2 aliphatic rings. The summed E-state index contributed by atoms with van der Waals surface area (Å²) in [6, 6.07) is 2.03. The average Bonchev–Trinajstić information content (AvgIpc) is 3.20. The van der Waals surface area contributed by atoms with Crippen LogP contribution in [-0.4, -0.2) is 57.8 Å². The van der Waals surface area contributed by atoms with Gasteiger partial charge in [0.05, 0.1) is 35.9 Å². The number of nitrogens with one attached hydrogen (secondary N) is 1. The molecule has 0 amide bonds. The zero-order valence-corrected chi connectivity index (χ0v) is 18.0. The van der Waals surface area contributed by atoms with Crippen molar-refractivity contribution in [2.75, 3.05) is 11.9 Å². The van der Waals surface area contributed by atoms with Crippen molar-refractivity contribution in [3.8, 4) is 17.1 Å². The molecular weight excluding hydrogens is 458 g/mol. The highest BCUT2D eigenvalue weighted by Gasteiger charge is 2.44. The average molecular weight is 479 g/mol. The number of aromatic nitrogens is 3. The minimum atomic E-state index is -4.57. The second-order valence-electron chi connectivity index (χ2n) is 8.79. The molecule has 2 aliphatic heterocycles. The Kier molecular flexibility index (Phi) is 5.42. The standard InChI is InChI=1S/C22H21F4N5O3/c1-31(15-4-11-2-3-14(28-11)19(15)23)18-8-27-21(30-29-18)12-6-17-13(5-16(12)32)20(33)10(9-34-17)7-22(24,25)26/h5-6,8-9,11,14-15,19,28,32H,2-4,7H2,1H3/t11?,14?,15-,19+/m0/s1. The van der Waals surface area contributed by atoms with Gasteiger partial charge in [0.1, 0.15) is 17.5 Å². The van der Waals surface area contributed by atoms with E-state index in [0.717, 1.165) is 25.2 Å². The molecule has 1 aromatic carbocycles. The van der Waals surface area contributed by atoms with E-state index in [9.17, 15) is 27.5 Å². The molecule has 34 heavy (non-hydrogen) atoms. The van der Waals surface area contributed by atoms with Crippen LogP contribution in [-0.2, 0) is 6.42 Å². The van der Waals surface area contributed by atoms with Crippen LogP contribution in [0.4, 0.5) is 23.4 Å². The second kappa shape index (κ2) is 8.19. The van der Waals surface area contributed by atoms with Gasteiger partial charge >= 0.3 is 6.18 Å². The van der Waals surface area contributed by atoms with Gasteiger partial charge in [0.2, 0.25) is 0 Å². The lowest BCUT2D eigenvalue weighted by Crippen LogP contribution is -2.55. The number of hydrogen-bond donors (Lipinski definition) is 2. The molecular formula is C22H21F4N5O3. The summed E-state index contributed by atoms with van der Waals surface area (Å²) in [6.45, 7) is 0. The van der Waals surface area contributed by atoms with Crippen LogP contribution in [0.15, 0.2) is 33.8 Å². The van der Waals surface area contributed by atoms with E-state index in [2.05, 4.69) is 20.5 Å². The van der Waals surface area contributed by atoms with Crippen LogP contribution in [0.25, 0.3) is 22.4 Å². The zero-order chi connectivity index (χ0) is 24.2. The van der Waals surface area contributed by atoms with E-state index in [1.54, 1.807) is 11.9 Å². The van der Waals surface area contributed by atoms with E-state index < -0.39 is 35.5 Å². The number of nitrogens with zero attached hydrogens (tertiary/aromatic N) is 4. The molecule has 2 aromatic heterocycles. The summed E-state index contributed by atoms with van der Waals surface area (Å²) in [5.41, 5.74) is -1.38. The molecule has 5 rings (SSSR count). The van der Waals surface area contributed by atoms with Gasteiger partial charge in [0, 0.05) is 24.7 Å². The Bertz CT molecular complexity index is 1280. The van der Waals surface area contributed by atoms with Gasteiger partial charge in [-0.05, 0) is 31.4 Å². The van der Waals surface area contributed by atoms with E-state index in [4.69, 9.17) is 4.42 Å². The first-order valence-corrected chi connectivity index (χ1v) is 10.8. The summed E-state index contributed by atoms with van der Waals surface area (Å²) < 4.78 is 58.1. The van der Waals surface area contributed by atoms with Crippen molar-refractivity contribution < 1.29 is 27.1 Å². The van der Waals surface area contributed by atoms with Crippen molar-refractivity contribution in [2.45, 2.75) is 56.2 Å². The minimum absolute atomic E-state index is 0.0146. The van der Waals surface area contributed by atoms with Crippen LogP contribution in [0.5, 0.6) is 5.75 Å².